The number of ether oxygens (including phenoxy) is 3. The maximum absolute atomic E-state index is 15.3. The number of esters is 1. The van der Waals surface area contributed by atoms with Gasteiger partial charge in [0.2, 0.25) is 65.0 Å². The van der Waals surface area contributed by atoms with Crippen LogP contribution in [0.5, 0.6) is 5.75 Å². The van der Waals surface area contributed by atoms with Crippen LogP contribution in [0, 0.1) is 23.7 Å². The van der Waals surface area contributed by atoms with Crippen LogP contribution in [-0.2, 0) is 76.5 Å². The maximum atomic E-state index is 15.3. The molecule has 12 amide bonds. The summed E-state index contributed by atoms with van der Waals surface area (Å²) >= 11 is 6.73. The van der Waals surface area contributed by atoms with Crippen molar-refractivity contribution in [2.75, 3.05) is 40.5 Å². The van der Waals surface area contributed by atoms with Gasteiger partial charge in [-0.15, -0.1) is 11.6 Å². The van der Waals surface area contributed by atoms with Crippen LogP contribution in [0.2, 0.25) is 0 Å². The number of nitrogens with two attached hydrogens (primary N) is 2. The number of piperidine rings is 1. The second-order valence-electron chi connectivity index (χ2n) is 25.9. The lowest BCUT2D eigenvalue weighted by Gasteiger charge is -2.41. The van der Waals surface area contributed by atoms with Crippen molar-refractivity contribution >= 4 is 88.5 Å². The molecule has 19 N–H and O–H groups in total. The van der Waals surface area contributed by atoms with Crippen LogP contribution in [0.4, 0.5) is 0 Å². The average Bonchev–Trinajstić information content (AvgIpc) is 0.754. The number of rotatable bonds is 27. The minimum absolute atomic E-state index is 0.0398. The van der Waals surface area contributed by atoms with E-state index in [2.05, 4.69) is 53.2 Å². The number of carbonyl (C=O) groups is 13. The Balaban J connectivity index is 2.20. The number of alkyl halides is 1. The van der Waals surface area contributed by atoms with E-state index in [0.717, 1.165) is 44.8 Å². The Labute approximate surface area is 585 Å². The number of benzene rings is 1. The number of nitrogens with one attached hydrogen (secondary N) is 10. The Kier molecular flexibility index (Phi) is 34.0. The van der Waals surface area contributed by atoms with Crippen LogP contribution in [0.25, 0.3) is 0 Å². The SMILES string of the molecule is CCC(C)/C=C(C)/C=C\C(O)C(C)(O)C(=O)NCC(=O)N[C@H](C(=O)N[C@H](C(=O)N[C@H](C(=O)N[C@H]1C(=O)NC(COC)C(=O)NCC(=O)N[C@@H](C)C(=O)NC([C@@H](C)O)C(=O)N[C@H](C(OC)c2ccc(O)cc2)C(=O)N2CCC(Cl)C[C@H]2C(=O)OC1C(C)C)[C@@H](C)[C@@H](C)C(N)=O)[C@@H](C)N)[C@@H](C)O. The van der Waals surface area contributed by atoms with Crippen molar-refractivity contribution in [1.29, 1.82) is 0 Å². The van der Waals surface area contributed by atoms with Gasteiger partial charge >= 0.3 is 5.97 Å². The number of phenolic OH excluding ortho intramolecular Hbond substituents is 1. The predicted molar refractivity (Wildman–Crippen MR) is 359 cm³/mol. The Morgan fingerprint density at radius 3 is 1.97 bits per heavy atom. The van der Waals surface area contributed by atoms with Gasteiger partial charge in [0.05, 0.1) is 31.9 Å². The summed E-state index contributed by atoms with van der Waals surface area (Å²) in [5, 5.41) is 76.2. The molecule has 2 aliphatic heterocycles. The van der Waals surface area contributed by atoms with Crippen molar-refractivity contribution in [2.24, 2.45) is 35.1 Å². The van der Waals surface area contributed by atoms with E-state index >= 15 is 19.2 Å². The number of aliphatic hydroxyl groups is 4. The number of fused-ring (bicyclic) bond motifs is 1. The molecule has 2 saturated heterocycles. The van der Waals surface area contributed by atoms with Crippen molar-refractivity contribution in [3.8, 4) is 5.75 Å². The lowest BCUT2D eigenvalue weighted by molar-refractivity contribution is -0.168. The quantitative estimate of drug-likeness (QED) is 0.0224. The standard InChI is InChI=1S/C65H102ClN13O21/c1-15-30(4)24-31(5)16-21-43(83)65(12,97)64(96)70-27-45(85)73-48(36(10)80)59(91)75-47(34(8)67)58(90)74-46(32(6)33(7)54(68)86)57(89)77-50-52(29(2)3)100-63(95)42-25-39(66)22-23-79(42)62(94)51(53(99-14)38-17-19-40(82)20-18-38)78-60(92)49(37(11)81)76-55(87)35(9)71-44(84)26-69-56(88)41(28-98-13)72-61(50)93/h16-21,24,29-30,32-37,39,41-43,46-53,80-83,97H,15,22-23,25-28,67H2,1-14H3,(H2,68,86)(H,69,88)(H,70,96)(H,71,84)(H,72,93)(H,73,85)(H,74,90)(H,75,91)(H,76,87)(H,77,89)(H,78,92)/b21-16-,31-24+/t30?,32-,33+,34+,35-,36+,37+,39?,41?,42-,43?,46-,47-,48-,49?,50+,51+,52?,53?,65?/m0/s1. The topological polar surface area (TPSA) is 526 Å². The molecule has 0 radical (unpaired) electrons. The number of aromatic hydroxyl groups is 1. The smallest absolute Gasteiger partial charge is 0.329 e. The molecule has 0 aromatic heterocycles. The van der Waals surface area contributed by atoms with Gasteiger partial charge in [0.25, 0.3) is 5.91 Å². The molecule has 0 spiro atoms. The first kappa shape index (κ1) is 85.8. The lowest BCUT2D eigenvalue weighted by atomic mass is 9.87. The number of cyclic esters (lactones) is 1. The number of hydrogen-bond acceptors (Lipinski definition) is 22. The molecule has 1 aromatic rings. The number of halogens is 1. The van der Waals surface area contributed by atoms with E-state index in [9.17, 15) is 68.7 Å². The van der Waals surface area contributed by atoms with E-state index in [0.29, 0.717) is 0 Å². The number of methoxy groups -OCH3 is 2. The molecule has 0 saturated carbocycles. The fourth-order valence-electron chi connectivity index (χ4n) is 10.6. The molecule has 560 valence electrons. The number of nitrogens with zero attached hydrogens (tertiary/aromatic N) is 1. The van der Waals surface area contributed by atoms with Crippen molar-refractivity contribution in [3.63, 3.8) is 0 Å². The number of carbonyl (C=O) groups excluding carboxylic acids is 13. The third-order valence-corrected chi connectivity index (χ3v) is 17.6. The van der Waals surface area contributed by atoms with Gasteiger partial charge in [0, 0.05) is 38.1 Å². The zero-order valence-electron chi connectivity index (χ0n) is 58.8. The van der Waals surface area contributed by atoms with Crippen LogP contribution < -0.4 is 64.6 Å². The molecule has 3 rings (SSSR count). The molecular weight excluding hydrogens is 1330 g/mol. The first-order valence-electron chi connectivity index (χ1n) is 32.7. The Bertz CT molecular complexity index is 3110. The molecule has 35 heteroatoms. The molecule has 20 atom stereocenters. The third-order valence-electron chi connectivity index (χ3n) is 17.2. The molecule has 100 heavy (non-hydrogen) atoms. The fraction of sp³-hybridized carbons (Fsp3) is 0.646. The van der Waals surface area contributed by atoms with E-state index in [1.165, 1.54) is 85.1 Å². The Morgan fingerprint density at radius 2 is 1.42 bits per heavy atom. The van der Waals surface area contributed by atoms with Crippen molar-refractivity contribution in [3.05, 3.63) is 53.6 Å². The summed E-state index contributed by atoms with van der Waals surface area (Å²) in [6, 6.07) is -12.6. The summed E-state index contributed by atoms with van der Waals surface area (Å²) < 4.78 is 17.2. The van der Waals surface area contributed by atoms with E-state index in [1.54, 1.807) is 6.92 Å². The molecule has 1 aromatic carbocycles. The van der Waals surface area contributed by atoms with Gasteiger partial charge < -0.3 is 109 Å². The minimum atomic E-state index is -2.47. The van der Waals surface area contributed by atoms with Crippen LogP contribution >= 0.6 is 11.6 Å². The first-order chi connectivity index (χ1) is 46.6. The number of aliphatic hydroxyl groups excluding tert-OH is 3. The molecule has 0 bridgehead atoms. The fourth-order valence-corrected chi connectivity index (χ4v) is 10.8. The van der Waals surface area contributed by atoms with Crippen LogP contribution in [-0.4, -0.2) is 244 Å². The number of allylic oxidation sites excluding steroid dienone is 3. The van der Waals surface area contributed by atoms with Gasteiger partial charge in [0.1, 0.15) is 78.4 Å². The molecule has 2 aliphatic rings. The van der Waals surface area contributed by atoms with Crippen molar-refractivity contribution in [2.45, 2.75) is 204 Å². The molecule has 0 aliphatic carbocycles. The summed E-state index contributed by atoms with van der Waals surface area (Å²) in [7, 11) is 2.33. The highest BCUT2D eigenvalue weighted by molar-refractivity contribution is 6.21. The second-order valence-corrected chi connectivity index (χ2v) is 26.5. The summed E-state index contributed by atoms with van der Waals surface area (Å²) in [4.78, 5) is 185. The van der Waals surface area contributed by atoms with E-state index in [4.69, 9.17) is 37.3 Å². The number of hydrogen-bond donors (Lipinski definition) is 17. The monoisotopic (exact) mass is 1440 g/mol. The first-order valence-corrected chi connectivity index (χ1v) is 33.2. The van der Waals surface area contributed by atoms with E-state index < -0.39 is 216 Å². The number of phenols is 1. The second kappa shape index (κ2) is 39.6. The zero-order chi connectivity index (χ0) is 76.0. The van der Waals surface area contributed by atoms with Crippen molar-refractivity contribution in [1.82, 2.24) is 58.1 Å². The molecule has 2 fully saturated rings. The van der Waals surface area contributed by atoms with Gasteiger partial charge in [-0.3, -0.25) is 57.5 Å². The maximum Gasteiger partial charge on any atom is 0.329 e. The Hall–Kier alpha value is -8.38. The predicted octanol–water partition coefficient (Wildman–Crippen LogP) is -4.44. The van der Waals surface area contributed by atoms with Gasteiger partial charge in [-0.2, -0.15) is 0 Å². The molecular formula is C65H102ClN13O21. The lowest BCUT2D eigenvalue weighted by Crippen LogP contribution is -2.66. The highest BCUT2D eigenvalue weighted by Gasteiger charge is 2.48. The van der Waals surface area contributed by atoms with Gasteiger partial charge in [-0.1, -0.05) is 83.9 Å². The van der Waals surface area contributed by atoms with Crippen molar-refractivity contribution < 1.29 is 102 Å². The summed E-state index contributed by atoms with van der Waals surface area (Å²) in [5.41, 5.74) is 10.5. The normalized spacial score (nSPS) is 25.1. The van der Waals surface area contributed by atoms with Crippen LogP contribution in [0.1, 0.15) is 114 Å². The van der Waals surface area contributed by atoms with Gasteiger partial charge in [-0.05, 0) is 89.8 Å². The molecule has 34 nitrogen and oxygen atoms in total. The highest BCUT2D eigenvalue weighted by atomic mass is 35.5. The largest absolute Gasteiger partial charge is 0.508 e. The summed E-state index contributed by atoms with van der Waals surface area (Å²) in [5.74, 6) is -18.6. The van der Waals surface area contributed by atoms with Gasteiger partial charge in [-0.25, -0.2) is 4.79 Å². The van der Waals surface area contributed by atoms with Crippen LogP contribution in [0.3, 0.4) is 0 Å². The average molecular weight is 1440 g/mol. The third kappa shape index (κ3) is 24.8. The highest BCUT2D eigenvalue weighted by Crippen LogP contribution is 2.30. The van der Waals surface area contributed by atoms with E-state index in [-0.39, 0.29) is 36.6 Å². The zero-order valence-corrected chi connectivity index (χ0v) is 59.5. The molecule has 2 heterocycles. The molecule has 8 unspecified atom stereocenters. The Morgan fingerprint density at radius 1 is 0.820 bits per heavy atom. The van der Waals surface area contributed by atoms with E-state index in [1.807, 2.05) is 19.9 Å². The number of amides is 12. The van der Waals surface area contributed by atoms with Gasteiger partial charge in [0.15, 0.2) is 5.60 Å². The number of primary amides is 1. The summed E-state index contributed by atoms with van der Waals surface area (Å²) in [6.07, 6.45) is -3.28. The van der Waals surface area contributed by atoms with Crippen LogP contribution in [0.15, 0.2) is 48.1 Å². The summed E-state index contributed by atoms with van der Waals surface area (Å²) in [6.45, 7) is 14.2. The minimum Gasteiger partial charge on any atom is -0.508 e.